The molecule has 0 atom stereocenters. The Bertz CT molecular complexity index is 691. The number of hydrogen-bond acceptors (Lipinski definition) is 3. The first-order valence-electron chi connectivity index (χ1n) is 5.66. The topological polar surface area (TPSA) is 43.4 Å². The molecule has 0 aromatic heterocycles. The Kier molecular flexibility index (Phi) is 3.96. The van der Waals surface area contributed by atoms with E-state index in [1.54, 1.807) is 24.3 Å². The van der Waals surface area contributed by atoms with Crippen molar-refractivity contribution in [1.82, 2.24) is 0 Å². The second-order valence-electron chi connectivity index (χ2n) is 4.28. The fraction of sp³-hybridized carbons (Fsp3) is 0.143. The van der Waals surface area contributed by atoms with E-state index in [4.69, 9.17) is 4.18 Å². The highest BCUT2D eigenvalue weighted by atomic mass is 79.9. The largest absolute Gasteiger partial charge is 0.378 e. The maximum absolute atomic E-state index is 12.1. The lowest BCUT2D eigenvalue weighted by Crippen LogP contribution is -2.10. The third-order valence-corrected chi connectivity index (χ3v) is 4.50. The van der Waals surface area contributed by atoms with Gasteiger partial charge in [-0.3, -0.25) is 0 Å². The minimum absolute atomic E-state index is 0.145. The van der Waals surface area contributed by atoms with E-state index in [9.17, 15) is 8.42 Å². The van der Waals surface area contributed by atoms with Crippen LogP contribution in [0.3, 0.4) is 0 Å². The van der Waals surface area contributed by atoms with E-state index in [0.717, 1.165) is 11.1 Å². The SMILES string of the molecule is Cc1ccc(S(=O)(=O)Oc2cc(C)ccc2Br)cc1. The van der Waals surface area contributed by atoms with Gasteiger partial charge in [0.2, 0.25) is 0 Å². The van der Waals surface area contributed by atoms with Crippen molar-refractivity contribution in [2.24, 2.45) is 0 Å². The van der Waals surface area contributed by atoms with E-state index in [1.165, 1.54) is 12.1 Å². The Hall–Kier alpha value is -1.33. The van der Waals surface area contributed by atoms with Gasteiger partial charge in [0, 0.05) is 0 Å². The minimum atomic E-state index is -3.80. The number of hydrogen-bond donors (Lipinski definition) is 0. The van der Waals surface area contributed by atoms with Crippen LogP contribution in [-0.2, 0) is 10.1 Å². The highest BCUT2D eigenvalue weighted by Crippen LogP contribution is 2.28. The Morgan fingerprint density at radius 3 is 2.16 bits per heavy atom. The van der Waals surface area contributed by atoms with Crippen LogP contribution in [0.2, 0.25) is 0 Å². The molecule has 100 valence electrons. The van der Waals surface area contributed by atoms with Gasteiger partial charge >= 0.3 is 10.1 Å². The maximum atomic E-state index is 12.1. The van der Waals surface area contributed by atoms with E-state index < -0.39 is 10.1 Å². The summed E-state index contributed by atoms with van der Waals surface area (Å²) in [5.74, 6) is 0.292. The van der Waals surface area contributed by atoms with Crippen LogP contribution in [0.25, 0.3) is 0 Å². The molecule has 2 aromatic carbocycles. The number of rotatable bonds is 3. The second kappa shape index (κ2) is 5.35. The summed E-state index contributed by atoms with van der Waals surface area (Å²) in [6.45, 7) is 3.77. The quantitative estimate of drug-likeness (QED) is 0.797. The molecule has 0 radical (unpaired) electrons. The Morgan fingerprint density at radius 1 is 0.947 bits per heavy atom. The molecule has 2 rings (SSSR count). The van der Waals surface area contributed by atoms with Gasteiger partial charge in [0.25, 0.3) is 0 Å². The van der Waals surface area contributed by atoms with Crippen LogP contribution in [0, 0.1) is 13.8 Å². The molecular weight excluding hydrogens is 328 g/mol. The monoisotopic (exact) mass is 340 g/mol. The summed E-state index contributed by atoms with van der Waals surface area (Å²) in [4.78, 5) is 0.145. The first-order valence-corrected chi connectivity index (χ1v) is 7.86. The molecule has 19 heavy (non-hydrogen) atoms. The molecule has 0 amide bonds. The van der Waals surface area contributed by atoms with Crippen molar-refractivity contribution in [2.45, 2.75) is 18.7 Å². The molecule has 0 saturated carbocycles. The molecule has 0 fully saturated rings. The first-order chi connectivity index (χ1) is 8.88. The number of aryl methyl sites for hydroxylation is 2. The van der Waals surface area contributed by atoms with Gasteiger partial charge in [-0.25, -0.2) is 0 Å². The first kappa shape index (κ1) is 14.1. The van der Waals surface area contributed by atoms with Gasteiger partial charge in [-0.2, -0.15) is 8.42 Å². The van der Waals surface area contributed by atoms with Crippen LogP contribution in [0.4, 0.5) is 0 Å². The number of halogens is 1. The molecule has 5 heteroatoms. The van der Waals surface area contributed by atoms with Crippen LogP contribution in [0.15, 0.2) is 51.8 Å². The fourth-order valence-electron chi connectivity index (χ4n) is 1.55. The standard InChI is InChI=1S/C14H13BrO3S/c1-10-3-6-12(7-4-10)19(16,17)18-14-9-11(2)5-8-13(14)15/h3-9H,1-2H3. The molecule has 0 N–H and O–H groups in total. The van der Waals surface area contributed by atoms with Crippen LogP contribution in [0.1, 0.15) is 11.1 Å². The molecule has 0 spiro atoms. The maximum Gasteiger partial charge on any atom is 0.339 e. The summed E-state index contributed by atoms with van der Waals surface area (Å²) < 4.78 is 30.0. The Morgan fingerprint density at radius 2 is 1.53 bits per heavy atom. The molecule has 0 aliphatic heterocycles. The van der Waals surface area contributed by atoms with Crippen LogP contribution < -0.4 is 4.18 Å². The van der Waals surface area contributed by atoms with Crippen molar-refractivity contribution in [3.63, 3.8) is 0 Å². The smallest absolute Gasteiger partial charge is 0.339 e. The zero-order valence-electron chi connectivity index (χ0n) is 10.6. The molecule has 2 aromatic rings. The van der Waals surface area contributed by atoms with E-state index in [1.807, 2.05) is 19.9 Å². The molecule has 0 bridgehead atoms. The van der Waals surface area contributed by atoms with Crippen molar-refractivity contribution in [2.75, 3.05) is 0 Å². The van der Waals surface area contributed by atoms with Gasteiger partial charge in [0.05, 0.1) is 4.47 Å². The van der Waals surface area contributed by atoms with Crippen LogP contribution >= 0.6 is 15.9 Å². The van der Waals surface area contributed by atoms with Crippen LogP contribution in [0.5, 0.6) is 5.75 Å². The van der Waals surface area contributed by atoms with Crippen LogP contribution in [-0.4, -0.2) is 8.42 Å². The molecule has 0 aliphatic rings. The Balaban J connectivity index is 2.36. The molecular formula is C14H13BrO3S. The highest BCUT2D eigenvalue weighted by Gasteiger charge is 2.17. The van der Waals surface area contributed by atoms with Gasteiger partial charge < -0.3 is 4.18 Å². The van der Waals surface area contributed by atoms with Crippen molar-refractivity contribution in [3.8, 4) is 5.75 Å². The number of benzene rings is 2. The second-order valence-corrected chi connectivity index (χ2v) is 6.69. The summed E-state index contributed by atoms with van der Waals surface area (Å²) in [5.41, 5.74) is 1.92. The lowest BCUT2D eigenvalue weighted by atomic mass is 10.2. The summed E-state index contributed by atoms with van der Waals surface area (Å²) in [6.07, 6.45) is 0. The summed E-state index contributed by atoms with van der Waals surface area (Å²) in [6, 6.07) is 11.9. The van der Waals surface area contributed by atoms with Gasteiger partial charge in [0.1, 0.15) is 4.90 Å². The summed E-state index contributed by atoms with van der Waals surface area (Å²) >= 11 is 3.28. The van der Waals surface area contributed by atoms with E-state index in [2.05, 4.69) is 15.9 Å². The average molecular weight is 341 g/mol. The van der Waals surface area contributed by atoms with E-state index in [-0.39, 0.29) is 4.90 Å². The molecule has 3 nitrogen and oxygen atoms in total. The predicted octanol–water partition coefficient (Wildman–Crippen LogP) is 3.83. The third kappa shape index (κ3) is 3.36. The van der Waals surface area contributed by atoms with Gasteiger partial charge in [-0.1, -0.05) is 23.8 Å². The molecule has 0 saturated heterocycles. The van der Waals surface area contributed by atoms with Crippen molar-refractivity contribution in [3.05, 3.63) is 58.1 Å². The Labute approximate surface area is 121 Å². The lowest BCUT2D eigenvalue weighted by Gasteiger charge is -2.09. The van der Waals surface area contributed by atoms with Gasteiger partial charge in [-0.15, -0.1) is 0 Å². The zero-order chi connectivity index (χ0) is 14.0. The summed E-state index contributed by atoms with van der Waals surface area (Å²) in [7, 11) is -3.80. The fourth-order valence-corrected chi connectivity index (χ4v) is 2.92. The normalized spacial score (nSPS) is 11.3. The molecule has 0 heterocycles. The minimum Gasteiger partial charge on any atom is -0.378 e. The van der Waals surface area contributed by atoms with E-state index in [0.29, 0.717) is 10.2 Å². The lowest BCUT2D eigenvalue weighted by molar-refractivity contribution is 0.484. The van der Waals surface area contributed by atoms with Gasteiger partial charge in [0.15, 0.2) is 5.75 Å². The predicted molar refractivity (Wildman–Crippen MR) is 77.9 cm³/mol. The highest BCUT2D eigenvalue weighted by molar-refractivity contribution is 9.10. The third-order valence-electron chi connectivity index (χ3n) is 2.60. The van der Waals surface area contributed by atoms with Crippen molar-refractivity contribution in [1.29, 1.82) is 0 Å². The van der Waals surface area contributed by atoms with Crippen molar-refractivity contribution < 1.29 is 12.6 Å². The molecule has 0 aliphatic carbocycles. The summed E-state index contributed by atoms with van der Waals surface area (Å²) in [5, 5.41) is 0. The van der Waals surface area contributed by atoms with Gasteiger partial charge in [-0.05, 0) is 59.6 Å². The zero-order valence-corrected chi connectivity index (χ0v) is 13.0. The van der Waals surface area contributed by atoms with Crippen molar-refractivity contribution >= 4 is 26.0 Å². The average Bonchev–Trinajstić information content (AvgIpc) is 2.34. The molecule has 0 unspecified atom stereocenters. The van der Waals surface area contributed by atoms with E-state index >= 15 is 0 Å².